The molecule has 4 nitrogen and oxygen atoms in total. The van der Waals surface area contributed by atoms with Crippen LogP contribution >= 0.6 is 0 Å². The number of carbonyl (C=O) groups excluding carboxylic acids is 1. The maximum Gasteiger partial charge on any atom is 0.253 e. The van der Waals surface area contributed by atoms with E-state index in [9.17, 15) is 4.79 Å². The Bertz CT molecular complexity index is 394. The second-order valence-corrected chi connectivity index (χ2v) is 4.68. The highest BCUT2D eigenvalue weighted by Crippen LogP contribution is 2.15. The van der Waals surface area contributed by atoms with Gasteiger partial charge in [-0.15, -0.1) is 0 Å². The molecule has 3 N–H and O–H groups in total. The highest BCUT2D eigenvalue weighted by molar-refractivity contribution is 6.00. The van der Waals surface area contributed by atoms with Crippen molar-refractivity contribution < 1.29 is 4.79 Å². The van der Waals surface area contributed by atoms with E-state index in [2.05, 4.69) is 24.1 Å². The number of carbonyl (C=O) groups is 1. The molecule has 0 radical (unpaired) electrons. The Balaban J connectivity index is 2.44. The molecule has 106 valence electrons. The third-order valence-electron chi connectivity index (χ3n) is 3.36. The topological polar surface area (TPSA) is 58.4 Å². The van der Waals surface area contributed by atoms with E-state index < -0.39 is 0 Å². The Hall–Kier alpha value is -1.55. The minimum Gasteiger partial charge on any atom is -0.398 e. The minimum absolute atomic E-state index is 0.0739. The van der Waals surface area contributed by atoms with Gasteiger partial charge in [0, 0.05) is 12.2 Å². The van der Waals surface area contributed by atoms with Crippen molar-refractivity contribution in [2.45, 2.75) is 27.2 Å². The van der Waals surface area contributed by atoms with Crippen molar-refractivity contribution >= 4 is 11.6 Å². The van der Waals surface area contributed by atoms with E-state index in [0.29, 0.717) is 17.8 Å². The average molecular weight is 263 g/mol. The molecular weight excluding hydrogens is 238 g/mol. The van der Waals surface area contributed by atoms with Crippen LogP contribution in [0.3, 0.4) is 0 Å². The number of nitrogens with two attached hydrogens (primary N) is 1. The second-order valence-electron chi connectivity index (χ2n) is 4.68. The van der Waals surface area contributed by atoms with E-state index >= 15 is 0 Å². The first-order valence-electron chi connectivity index (χ1n) is 6.95. The highest BCUT2D eigenvalue weighted by atomic mass is 16.1. The van der Waals surface area contributed by atoms with Crippen molar-refractivity contribution in [3.8, 4) is 0 Å². The molecule has 0 bridgehead atoms. The van der Waals surface area contributed by atoms with Gasteiger partial charge in [0.25, 0.3) is 5.91 Å². The molecule has 0 aliphatic rings. The van der Waals surface area contributed by atoms with Crippen molar-refractivity contribution in [2.75, 3.05) is 31.9 Å². The monoisotopic (exact) mass is 263 g/mol. The standard InChI is InChI=1S/C15H25N3O/c1-4-18(5-2)11-7-10-17-15(19)14-12(3)8-6-9-13(14)16/h6,8-9H,4-5,7,10-11,16H2,1-3H3,(H,17,19). The Morgan fingerprint density at radius 1 is 1.32 bits per heavy atom. The molecule has 19 heavy (non-hydrogen) atoms. The van der Waals surface area contributed by atoms with E-state index in [0.717, 1.165) is 31.6 Å². The predicted molar refractivity (Wildman–Crippen MR) is 80.3 cm³/mol. The maximum absolute atomic E-state index is 12.1. The summed E-state index contributed by atoms with van der Waals surface area (Å²) in [6.45, 7) is 10.00. The first kappa shape index (κ1) is 15.5. The fraction of sp³-hybridized carbons (Fsp3) is 0.533. The number of nitrogens with zero attached hydrogens (tertiary/aromatic N) is 1. The summed E-state index contributed by atoms with van der Waals surface area (Å²) in [7, 11) is 0. The molecule has 1 aromatic rings. The molecule has 0 aromatic heterocycles. The first-order valence-corrected chi connectivity index (χ1v) is 6.95. The number of aryl methyl sites for hydroxylation is 1. The van der Waals surface area contributed by atoms with Crippen LogP contribution in [0.15, 0.2) is 18.2 Å². The zero-order chi connectivity index (χ0) is 14.3. The fourth-order valence-corrected chi connectivity index (χ4v) is 2.13. The molecule has 0 atom stereocenters. The lowest BCUT2D eigenvalue weighted by Gasteiger charge is -2.18. The molecule has 0 saturated heterocycles. The Kier molecular flexibility index (Phi) is 6.36. The van der Waals surface area contributed by atoms with Crippen molar-refractivity contribution in [3.63, 3.8) is 0 Å². The van der Waals surface area contributed by atoms with Gasteiger partial charge in [-0.2, -0.15) is 0 Å². The maximum atomic E-state index is 12.1. The summed E-state index contributed by atoms with van der Waals surface area (Å²) in [6, 6.07) is 5.53. The predicted octanol–water partition coefficient (Wildman–Crippen LogP) is 2.04. The summed E-state index contributed by atoms with van der Waals surface area (Å²) < 4.78 is 0. The summed E-state index contributed by atoms with van der Waals surface area (Å²) >= 11 is 0. The van der Waals surface area contributed by atoms with Crippen molar-refractivity contribution in [1.29, 1.82) is 0 Å². The SMILES string of the molecule is CCN(CC)CCCNC(=O)c1c(C)cccc1N. The lowest BCUT2D eigenvalue weighted by atomic mass is 10.1. The van der Waals surface area contributed by atoms with Crippen LogP contribution in [0.1, 0.15) is 36.2 Å². The van der Waals surface area contributed by atoms with Crippen molar-refractivity contribution in [1.82, 2.24) is 10.2 Å². The number of hydrogen-bond acceptors (Lipinski definition) is 3. The van der Waals surface area contributed by atoms with Crippen LogP contribution < -0.4 is 11.1 Å². The molecule has 1 aromatic carbocycles. The molecule has 4 heteroatoms. The molecule has 0 aliphatic heterocycles. The average Bonchev–Trinajstić information content (AvgIpc) is 2.38. The van der Waals surface area contributed by atoms with Crippen LogP contribution in [0.25, 0.3) is 0 Å². The summed E-state index contributed by atoms with van der Waals surface area (Å²) in [6.07, 6.45) is 0.958. The number of amides is 1. The van der Waals surface area contributed by atoms with Gasteiger partial charge in [0.15, 0.2) is 0 Å². The van der Waals surface area contributed by atoms with Crippen LogP contribution in [-0.2, 0) is 0 Å². The Morgan fingerprint density at radius 2 is 2.00 bits per heavy atom. The van der Waals surface area contributed by atoms with Gasteiger partial charge < -0.3 is 16.0 Å². The summed E-state index contributed by atoms with van der Waals surface area (Å²) in [5, 5.41) is 2.94. The third kappa shape index (κ3) is 4.56. The highest BCUT2D eigenvalue weighted by Gasteiger charge is 2.11. The Labute approximate surface area is 116 Å². The van der Waals surface area contributed by atoms with Gasteiger partial charge in [-0.25, -0.2) is 0 Å². The zero-order valence-corrected chi connectivity index (χ0v) is 12.2. The van der Waals surface area contributed by atoms with Gasteiger partial charge in [-0.05, 0) is 44.6 Å². The number of nitrogen functional groups attached to an aromatic ring is 1. The molecule has 1 amide bonds. The van der Waals surface area contributed by atoms with Gasteiger partial charge in [0.05, 0.1) is 5.56 Å². The molecule has 1 rings (SSSR count). The summed E-state index contributed by atoms with van der Waals surface area (Å²) in [4.78, 5) is 14.4. The van der Waals surface area contributed by atoms with E-state index in [-0.39, 0.29) is 5.91 Å². The fourth-order valence-electron chi connectivity index (χ4n) is 2.13. The molecular formula is C15H25N3O. The molecule has 0 heterocycles. The van der Waals surface area contributed by atoms with Crippen molar-refractivity contribution in [3.05, 3.63) is 29.3 Å². The number of hydrogen-bond donors (Lipinski definition) is 2. The Morgan fingerprint density at radius 3 is 2.58 bits per heavy atom. The number of benzene rings is 1. The van der Waals surface area contributed by atoms with Crippen LogP contribution in [0, 0.1) is 6.92 Å². The number of nitrogens with one attached hydrogen (secondary N) is 1. The summed E-state index contributed by atoms with van der Waals surface area (Å²) in [5.74, 6) is -0.0739. The first-order chi connectivity index (χ1) is 9.10. The van der Waals surface area contributed by atoms with Gasteiger partial charge >= 0.3 is 0 Å². The second kappa shape index (κ2) is 7.79. The van der Waals surface area contributed by atoms with E-state index in [1.54, 1.807) is 6.07 Å². The minimum atomic E-state index is -0.0739. The third-order valence-corrected chi connectivity index (χ3v) is 3.36. The molecule has 0 unspecified atom stereocenters. The van der Waals surface area contributed by atoms with Crippen LogP contribution in [0.5, 0.6) is 0 Å². The van der Waals surface area contributed by atoms with E-state index in [1.807, 2.05) is 19.1 Å². The molecule has 0 aliphatic carbocycles. The molecule has 0 fully saturated rings. The van der Waals surface area contributed by atoms with Crippen LogP contribution in [0.2, 0.25) is 0 Å². The number of rotatable bonds is 7. The van der Waals surface area contributed by atoms with Crippen LogP contribution in [0.4, 0.5) is 5.69 Å². The molecule has 0 spiro atoms. The van der Waals surface area contributed by atoms with Gasteiger partial charge in [-0.1, -0.05) is 26.0 Å². The molecule has 0 saturated carbocycles. The number of anilines is 1. The quantitative estimate of drug-likeness (QED) is 0.584. The van der Waals surface area contributed by atoms with Gasteiger partial charge in [0.2, 0.25) is 0 Å². The van der Waals surface area contributed by atoms with Gasteiger partial charge in [-0.3, -0.25) is 4.79 Å². The lowest BCUT2D eigenvalue weighted by Crippen LogP contribution is -2.30. The normalized spacial score (nSPS) is 10.7. The van der Waals surface area contributed by atoms with Crippen LogP contribution in [-0.4, -0.2) is 37.0 Å². The van der Waals surface area contributed by atoms with E-state index in [1.165, 1.54) is 0 Å². The van der Waals surface area contributed by atoms with E-state index in [4.69, 9.17) is 5.73 Å². The smallest absolute Gasteiger partial charge is 0.253 e. The lowest BCUT2D eigenvalue weighted by molar-refractivity contribution is 0.0952. The largest absolute Gasteiger partial charge is 0.398 e. The zero-order valence-electron chi connectivity index (χ0n) is 12.2. The van der Waals surface area contributed by atoms with Gasteiger partial charge in [0.1, 0.15) is 0 Å². The summed E-state index contributed by atoms with van der Waals surface area (Å²) in [5.41, 5.74) is 7.91. The van der Waals surface area contributed by atoms with Crippen molar-refractivity contribution in [2.24, 2.45) is 0 Å².